The molecule has 0 aromatic carbocycles. The molecule has 2 N–H and O–H groups in total. The van der Waals surface area contributed by atoms with Crippen LogP contribution >= 0.6 is 0 Å². The van der Waals surface area contributed by atoms with Gasteiger partial charge in [-0.1, -0.05) is 13.0 Å². The molecule has 7 heteroatoms. The van der Waals surface area contributed by atoms with E-state index in [1.807, 2.05) is 39.0 Å². The summed E-state index contributed by atoms with van der Waals surface area (Å²) in [7, 11) is -1.05. The van der Waals surface area contributed by atoms with Crippen molar-refractivity contribution in [2.75, 3.05) is 26.3 Å². The first kappa shape index (κ1) is 23.9. The molecule has 2 atom stereocenters. The molecule has 1 saturated heterocycles. The average Bonchev–Trinajstić information content (AvgIpc) is 3.10. The molecule has 0 spiro atoms. The molecule has 1 fully saturated rings. The van der Waals surface area contributed by atoms with Crippen LogP contribution in [-0.4, -0.2) is 47.3 Å². The van der Waals surface area contributed by atoms with Crippen LogP contribution in [0.1, 0.15) is 59.8 Å². The van der Waals surface area contributed by atoms with Crippen LogP contribution in [0.5, 0.6) is 0 Å². The smallest absolute Gasteiger partial charge is 0.220 e. The summed E-state index contributed by atoms with van der Waals surface area (Å²) in [5.74, 6) is 0.864. The average molecular weight is 401 g/mol. The minimum absolute atomic E-state index is 0.0303. The van der Waals surface area contributed by atoms with E-state index in [4.69, 9.17) is 9.47 Å². The molecule has 1 aliphatic rings. The zero-order valence-electron chi connectivity index (χ0n) is 17.2. The van der Waals surface area contributed by atoms with Gasteiger partial charge >= 0.3 is 0 Å². The van der Waals surface area contributed by atoms with Crippen LogP contribution in [0.25, 0.3) is 0 Å². The second-order valence-electron chi connectivity index (χ2n) is 7.56. The lowest BCUT2D eigenvalue weighted by Gasteiger charge is -2.17. The molecule has 27 heavy (non-hydrogen) atoms. The molecule has 0 aliphatic carbocycles. The summed E-state index contributed by atoms with van der Waals surface area (Å²) in [6.07, 6.45) is 9.87. The van der Waals surface area contributed by atoms with Crippen molar-refractivity contribution in [1.82, 2.24) is 10.0 Å². The summed E-state index contributed by atoms with van der Waals surface area (Å²) in [4.78, 5) is 11.9. The molecule has 1 rings (SSSR count). The molecule has 6 nitrogen and oxygen atoms in total. The molecule has 0 aromatic heterocycles. The van der Waals surface area contributed by atoms with Crippen LogP contribution in [0.4, 0.5) is 0 Å². The lowest BCUT2D eigenvalue weighted by molar-refractivity contribution is -0.120. The van der Waals surface area contributed by atoms with Crippen molar-refractivity contribution >= 4 is 16.9 Å². The molecule has 0 bridgehead atoms. The van der Waals surface area contributed by atoms with E-state index in [-0.39, 0.29) is 16.8 Å². The van der Waals surface area contributed by atoms with Gasteiger partial charge in [0.25, 0.3) is 0 Å². The first-order chi connectivity index (χ1) is 12.8. The van der Waals surface area contributed by atoms with Gasteiger partial charge in [-0.3, -0.25) is 4.79 Å². The predicted octanol–water partition coefficient (Wildman–Crippen LogP) is 2.98. The first-order valence-corrected chi connectivity index (χ1v) is 11.0. The maximum Gasteiger partial charge on any atom is 0.220 e. The number of carbonyl (C=O) groups is 1. The molecule has 2 unspecified atom stereocenters. The molecule has 1 aliphatic heterocycles. The summed E-state index contributed by atoms with van der Waals surface area (Å²) in [5.41, 5.74) is 0. The highest BCUT2D eigenvalue weighted by molar-refractivity contribution is 7.84. The zero-order chi connectivity index (χ0) is 20.1. The number of ether oxygens (including phenoxy) is 2. The van der Waals surface area contributed by atoms with Crippen LogP contribution in [0.3, 0.4) is 0 Å². The van der Waals surface area contributed by atoms with Gasteiger partial charge in [-0.05, 0) is 52.2 Å². The summed E-state index contributed by atoms with van der Waals surface area (Å²) >= 11 is 0. The van der Waals surface area contributed by atoms with Gasteiger partial charge in [0.05, 0.1) is 28.9 Å². The highest BCUT2D eigenvalue weighted by Crippen LogP contribution is 2.14. The van der Waals surface area contributed by atoms with E-state index in [0.717, 1.165) is 38.0 Å². The van der Waals surface area contributed by atoms with E-state index in [2.05, 4.69) is 17.0 Å². The molecular weight excluding hydrogens is 364 g/mol. The van der Waals surface area contributed by atoms with Crippen molar-refractivity contribution in [3.05, 3.63) is 24.0 Å². The van der Waals surface area contributed by atoms with Crippen LogP contribution < -0.4 is 10.0 Å². The highest BCUT2D eigenvalue weighted by Gasteiger charge is 2.18. The van der Waals surface area contributed by atoms with E-state index in [1.54, 1.807) is 0 Å². The fraction of sp³-hybridized carbons (Fsp3) is 0.750. The molecule has 156 valence electrons. The van der Waals surface area contributed by atoms with Crippen LogP contribution in [0.15, 0.2) is 24.0 Å². The molecule has 0 aromatic rings. The number of carbonyl (C=O) groups excluding carboxylic acids is 1. The SMILES string of the molecule is CC/C=C(\C=C/CNC(=O)CCCCNS(=O)C(C)(C)C)OC1CCOC1. The number of unbranched alkanes of at least 4 members (excludes halogenated alkanes) is 1. The van der Waals surface area contributed by atoms with Crippen molar-refractivity contribution in [3.63, 3.8) is 0 Å². The standard InChI is InChI=1S/C20H36N2O4S/c1-5-9-17(26-18-12-15-25-16-18)10-8-13-21-19(23)11-6-7-14-22-27(24)20(2,3)4/h8-10,18,22H,5-7,11-16H2,1-4H3,(H,21,23)/b10-8-,17-9+. The molecule has 0 saturated carbocycles. The van der Waals surface area contributed by atoms with Crippen LogP contribution in [0, 0.1) is 0 Å². The van der Waals surface area contributed by atoms with Gasteiger partial charge in [0, 0.05) is 25.9 Å². The Hall–Kier alpha value is -1.18. The molecule has 1 heterocycles. The topological polar surface area (TPSA) is 76.7 Å². The van der Waals surface area contributed by atoms with Crippen molar-refractivity contribution in [3.8, 4) is 0 Å². The fourth-order valence-corrected chi connectivity index (χ4v) is 3.15. The van der Waals surface area contributed by atoms with Gasteiger partial charge < -0.3 is 14.8 Å². The van der Waals surface area contributed by atoms with Gasteiger partial charge in [0.2, 0.25) is 5.91 Å². The van der Waals surface area contributed by atoms with Crippen LogP contribution in [-0.2, 0) is 25.3 Å². The van der Waals surface area contributed by atoms with Gasteiger partial charge in [0.1, 0.15) is 11.9 Å². The van der Waals surface area contributed by atoms with Crippen molar-refractivity contribution in [2.24, 2.45) is 0 Å². The molecular formula is C20H36N2O4S. The second-order valence-corrected chi connectivity index (χ2v) is 9.61. The third kappa shape index (κ3) is 11.3. The lowest BCUT2D eigenvalue weighted by atomic mass is 10.2. The summed E-state index contributed by atoms with van der Waals surface area (Å²) in [6, 6.07) is 0. The van der Waals surface area contributed by atoms with Crippen molar-refractivity contribution in [1.29, 1.82) is 0 Å². The number of allylic oxidation sites excluding steroid dienone is 2. The minimum Gasteiger partial charge on any atom is -0.488 e. The van der Waals surface area contributed by atoms with Crippen molar-refractivity contribution < 1.29 is 18.5 Å². The van der Waals surface area contributed by atoms with Gasteiger partial charge in [-0.15, -0.1) is 0 Å². The summed E-state index contributed by atoms with van der Waals surface area (Å²) < 4.78 is 25.8. The molecule has 0 radical (unpaired) electrons. The van der Waals surface area contributed by atoms with Gasteiger partial charge in [-0.25, -0.2) is 8.93 Å². The fourth-order valence-electron chi connectivity index (χ4n) is 2.38. The normalized spacial score (nSPS) is 19.4. The zero-order valence-corrected chi connectivity index (χ0v) is 18.0. The third-order valence-electron chi connectivity index (χ3n) is 3.92. The van der Waals surface area contributed by atoms with E-state index in [9.17, 15) is 9.00 Å². The van der Waals surface area contributed by atoms with E-state index >= 15 is 0 Å². The van der Waals surface area contributed by atoms with Gasteiger partial charge in [0.15, 0.2) is 0 Å². The minimum atomic E-state index is -1.05. The quantitative estimate of drug-likeness (QED) is 0.300. The highest BCUT2D eigenvalue weighted by atomic mass is 32.2. The molecule has 1 amide bonds. The maximum atomic E-state index is 11.9. The Kier molecular flexibility index (Phi) is 11.6. The monoisotopic (exact) mass is 400 g/mol. The largest absolute Gasteiger partial charge is 0.488 e. The Morgan fingerprint density at radius 1 is 1.33 bits per heavy atom. The Labute approximate surface area is 166 Å². The van der Waals surface area contributed by atoms with Gasteiger partial charge in [-0.2, -0.15) is 0 Å². The number of hydrogen-bond acceptors (Lipinski definition) is 4. The number of nitrogens with one attached hydrogen (secondary N) is 2. The Balaban J connectivity index is 2.15. The Bertz CT molecular complexity index is 521. The van der Waals surface area contributed by atoms with E-state index in [1.165, 1.54) is 0 Å². The van der Waals surface area contributed by atoms with E-state index in [0.29, 0.717) is 26.1 Å². The number of amides is 1. The Morgan fingerprint density at radius 2 is 2.11 bits per heavy atom. The maximum absolute atomic E-state index is 11.9. The van der Waals surface area contributed by atoms with E-state index < -0.39 is 11.0 Å². The summed E-state index contributed by atoms with van der Waals surface area (Å²) in [6.45, 7) is 10.4. The number of hydrogen-bond donors (Lipinski definition) is 2. The first-order valence-electron chi connectivity index (χ1n) is 9.86. The number of rotatable bonds is 12. The second kappa shape index (κ2) is 13.1. The third-order valence-corrected chi connectivity index (χ3v) is 5.49. The predicted molar refractivity (Wildman–Crippen MR) is 111 cm³/mol. The Morgan fingerprint density at radius 3 is 2.74 bits per heavy atom. The summed E-state index contributed by atoms with van der Waals surface area (Å²) in [5, 5.41) is 2.88. The van der Waals surface area contributed by atoms with Crippen LogP contribution in [0.2, 0.25) is 0 Å². The van der Waals surface area contributed by atoms with Crippen molar-refractivity contribution in [2.45, 2.75) is 70.7 Å². The lowest BCUT2D eigenvalue weighted by Crippen LogP contribution is -2.33.